The molecule has 1 fully saturated rings. The number of fused-ring (bicyclic) bond motifs is 1. The number of rotatable bonds is 7. The fraction of sp³-hybridized carbons (Fsp3) is 0.609. The van der Waals surface area contributed by atoms with E-state index < -0.39 is 12.2 Å². The Morgan fingerprint density at radius 2 is 1.93 bits per heavy atom. The van der Waals surface area contributed by atoms with Gasteiger partial charge in [-0.2, -0.15) is 0 Å². The summed E-state index contributed by atoms with van der Waals surface area (Å²) in [5, 5.41) is 21.5. The smallest absolute Gasteiger partial charge is 0.222 e. The summed E-state index contributed by atoms with van der Waals surface area (Å²) < 4.78 is 0. The number of aliphatic hydroxyl groups excluding tert-OH is 2. The molecule has 0 bridgehead atoms. The molecule has 27 heavy (non-hydrogen) atoms. The maximum Gasteiger partial charge on any atom is 0.222 e. The van der Waals surface area contributed by atoms with Crippen LogP contribution in [0.2, 0.25) is 0 Å². The van der Waals surface area contributed by atoms with Crippen molar-refractivity contribution in [1.82, 2.24) is 4.90 Å². The number of allylic oxidation sites excluding steroid dienone is 2. The van der Waals surface area contributed by atoms with E-state index in [0.717, 1.165) is 37.7 Å². The zero-order valence-corrected chi connectivity index (χ0v) is 16.8. The Bertz CT molecular complexity index is 679. The third-order valence-electron chi connectivity index (χ3n) is 6.37. The zero-order valence-electron chi connectivity index (χ0n) is 16.8. The van der Waals surface area contributed by atoms with E-state index in [9.17, 15) is 15.0 Å². The zero-order chi connectivity index (χ0) is 19.6. The van der Waals surface area contributed by atoms with Crippen molar-refractivity contribution >= 4 is 5.91 Å². The average Bonchev–Trinajstić information content (AvgIpc) is 3.14. The van der Waals surface area contributed by atoms with E-state index in [4.69, 9.17) is 0 Å². The average molecular weight is 372 g/mol. The van der Waals surface area contributed by atoms with Crippen LogP contribution in [0, 0.1) is 24.7 Å². The highest BCUT2D eigenvalue weighted by atomic mass is 16.3. The Morgan fingerprint density at radius 1 is 1.22 bits per heavy atom. The molecule has 4 heteroatoms. The predicted octanol–water partition coefficient (Wildman–Crippen LogP) is 3.62. The molecule has 0 spiro atoms. The quantitative estimate of drug-likeness (QED) is 0.568. The van der Waals surface area contributed by atoms with Crippen molar-refractivity contribution in [2.45, 2.75) is 57.7 Å². The molecule has 1 amide bonds. The molecule has 148 valence electrons. The molecule has 3 rings (SSSR count). The van der Waals surface area contributed by atoms with E-state index >= 15 is 0 Å². The molecule has 0 aromatic heterocycles. The van der Waals surface area contributed by atoms with Crippen molar-refractivity contribution < 1.29 is 15.0 Å². The van der Waals surface area contributed by atoms with Crippen LogP contribution in [0.25, 0.3) is 0 Å². The summed E-state index contributed by atoms with van der Waals surface area (Å²) in [7, 11) is 3.60. The number of amides is 1. The molecule has 1 saturated carbocycles. The Morgan fingerprint density at radius 3 is 2.59 bits per heavy atom. The normalized spacial score (nSPS) is 28.0. The number of aliphatic hydroxyl groups is 2. The second-order valence-corrected chi connectivity index (χ2v) is 8.59. The van der Waals surface area contributed by atoms with Gasteiger partial charge in [-0.05, 0) is 56.4 Å². The van der Waals surface area contributed by atoms with Gasteiger partial charge in [0.1, 0.15) is 0 Å². The molecule has 0 heterocycles. The van der Waals surface area contributed by atoms with Gasteiger partial charge in [-0.1, -0.05) is 41.5 Å². The number of aryl methyl sites for hydroxylation is 1. The summed E-state index contributed by atoms with van der Waals surface area (Å²) >= 11 is 0. The molecular weight excluding hydrogens is 338 g/mol. The molecule has 1 aromatic carbocycles. The van der Waals surface area contributed by atoms with Crippen molar-refractivity contribution in [2.75, 3.05) is 14.1 Å². The van der Waals surface area contributed by atoms with Gasteiger partial charge in [0.15, 0.2) is 0 Å². The minimum atomic E-state index is -0.610. The van der Waals surface area contributed by atoms with Gasteiger partial charge in [0.05, 0.1) is 12.2 Å². The van der Waals surface area contributed by atoms with Gasteiger partial charge in [-0.15, -0.1) is 0 Å². The lowest BCUT2D eigenvalue weighted by molar-refractivity contribution is -0.128. The molecule has 5 atom stereocenters. The van der Waals surface area contributed by atoms with E-state index in [1.807, 2.05) is 31.2 Å². The lowest BCUT2D eigenvalue weighted by atomic mass is 9.82. The van der Waals surface area contributed by atoms with Gasteiger partial charge in [0, 0.05) is 26.4 Å². The number of nitrogens with zero attached hydrogens (tertiary/aromatic N) is 1. The van der Waals surface area contributed by atoms with Crippen LogP contribution in [0.15, 0.2) is 35.9 Å². The van der Waals surface area contributed by atoms with Crippen LogP contribution in [0.4, 0.5) is 0 Å². The Balaban J connectivity index is 1.55. The predicted molar refractivity (Wildman–Crippen MR) is 107 cm³/mol. The fourth-order valence-corrected chi connectivity index (χ4v) is 4.80. The van der Waals surface area contributed by atoms with Gasteiger partial charge in [0.2, 0.25) is 5.91 Å². The monoisotopic (exact) mass is 371 g/mol. The molecule has 4 nitrogen and oxygen atoms in total. The first-order chi connectivity index (χ1) is 12.9. The highest BCUT2D eigenvalue weighted by Crippen LogP contribution is 2.51. The van der Waals surface area contributed by atoms with Crippen LogP contribution in [-0.2, 0) is 4.79 Å². The summed E-state index contributed by atoms with van der Waals surface area (Å²) in [5.74, 6) is 0.802. The van der Waals surface area contributed by atoms with Crippen molar-refractivity contribution in [3.63, 3.8) is 0 Å². The van der Waals surface area contributed by atoms with Crippen molar-refractivity contribution in [1.29, 1.82) is 0 Å². The van der Waals surface area contributed by atoms with Gasteiger partial charge in [-0.25, -0.2) is 0 Å². The lowest BCUT2D eigenvalue weighted by Crippen LogP contribution is -2.26. The molecule has 0 saturated heterocycles. The fourth-order valence-electron chi connectivity index (χ4n) is 4.80. The van der Waals surface area contributed by atoms with Crippen LogP contribution in [0.5, 0.6) is 0 Å². The molecular formula is C23H33NO3. The van der Waals surface area contributed by atoms with Crippen molar-refractivity contribution in [3.05, 3.63) is 47.0 Å². The summed E-state index contributed by atoms with van der Waals surface area (Å²) in [6.45, 7) is 2.04. The van der Waals surface area contributed by atoms with Gasteiger partial charge in [-0.3, -0.25) is 4.79 Å². The SMILES string of the molecule is Cc1ccc([C@@H](O)[C@@H]2[C@H]3CC(CCCCC(=O)N(C)C)=C[C@H]3C[C@H]2O)cc1. The Hall–Kier alpha value is -1.65. The van der Waals surface area contributed by atoms with Crippen LogP contribution >= 0.6 is 0 Å². The van der Waals surface area contributed by atoms with Gasteiger partial charge in [0.25, 0.3) is 0 Å². The Labute approximate surface area is 162 Å². The molecule has 0 unspecified atom stereocenters. The summed E-state index contributed by atoms with van der Waals surface area (Å²) in [4.78, 5) is 13.3. The van der Waals surface area contributed by atoms with E-state index in [-0.39, 0.29) is 11.8 Å². The maximum atomic E-state index is 11.7. The largest absolute Gasteiger partial charge is 0.393 e. The number of carbonyl (C=O) groups excluding carboxylic acids is 1. The number of unbranched alkanes of at least 4 members (excludes halogenated alkanes) is 1. The first-order valence-corrected chi connectivity index (χ1v) is 10.2. The topological polar surface area (TPSA) is 60.8 Å². The lowest BCUT2D eigenvalue weighted by Gasteiger charge is -2.27. The Kier molecular flexibility index (Phi) is 6.38. The standard InChI is InChI=1S/C23H33NO3/c1-15-8-10-17(11-9-15)23(27)22-19-13-16(12-18(19)14-20(22)25)6-4-5-7-21(26)24(2)3/h8-12,18-20,22-23,25,27H,4-7,13-14H2,1-3H3/t18-,19-,20+,22+,23+/m0/s1. The van der Waals surface area contributed by atoms with Crippen LogP contribution in [0.3, 0.4) is 0 Å². The van der Waals surface area contributed by atoms with Crippen LogP contribution in [0.1, 0.15) is 55.8 Å². The molecule has 1 aromatic rings. The third kappa shape index (κ3) is 4.61. The van der Waals surface area contributed by atoms with E-state index in [2.05, 4.69) is 6.08 Å². The summed E-state index contributed by atoms with van der Waals surface area (Å²) in [5.41, 5.74) is 3.52. The summed E-state index contributed by atoms with van der Waals surface area (Å²) in [6.07, 6.45) is 6.59. The highest BCUT2D eigenvalue weighted by Gasteiger charge is 2.47. The number of hydrogen-bond donors (Lipinski definition) is 2. The minimum absolute atomic E-state index is 0.0956. The second kappa shape index (κ2) is 8.57. The van der Waals surface area contributed by atoms with E-state index in [0.29, 0.717) is 18.3 Å². The minimum Gasteiger partial charge on any atom is -0.393 e. The summed E-state index contributed by atoms with van der Waals surface area (Å²) in [6, 6.07) is 7.99. The molecule has 2 aliphatic rings. The van der Waals surface area contributed by atoms with Gasteiger partial charge >= 0.3 is 0 Å². The number of benzene rings is 1. The van der Waals surface area contributed by atoms with E-state index in [1.54, 1.807) is 19.0 Å². The van der Waals surface area contributed by atoms with Crippen molar-refractivity contribution in [2.24, 2.45) is 17.8 Å². The first kappa shape index (κ1) is 20.1. The van der Waals surface area contributed by atoms with E-state index in [1.165, 1.54) is 11.1 Å². The van der Waals surface area contributed by atoms with Crippen molar-refractivity contribution in [3.8, 4) is 0 Å². The molecule has 0 radical (unpaired) electrons. The number of hydrogen-bond acceptors (Lipinski definition) is 3. The molecule has 0 aliphatic heterocycles. The third-order valence-corrected chi connectivity index (χ3v) is 6.37. The molecule has 2 aliphatic carbocycles. The first-order valence-electron chi connectivity index (χ1n) is 10.2. The van der Waals surface area contributed by atoms with Crippen LogP contribution < -0.4 is 0 Å². The maximum absolute atomic E-state index is 11.7. The van der Waals surface area contributed by atoms with Gasteiger partial charge < -0.3 is 15.1 Å². The number of carbonyl (C=O) groups is 1. The molecule has 2 N–H and O–H groups in total. The second-order valence-electron chi connectivity index (χ2n) is 8.59. The van der Waals surface area contributed by atoms with Crippen LogP contribution in [-0.4, -0.2) is 41.2 Å². The highest BCUT2D eigenvalue weighted by molar-refractivity contribution is 5.75.